The molecule has 0 bridgehead atoms. The molecule has 0 unspecified atom stereocenters. The van der Waals surface area contributed by atoms with Crippen LogP contribution in [0.15, 0.2) is 24.3 Å². The monoisotopic (exact) mass is 276 g/mol. The van der Waals surface area contributed by atoms with Crippen molar-refractivity contribution in [3.63, 3.8) is 0 Å². The molecule has 1 aromatic rings. The van der Waals surface area contributed by atoms with Crippen molar-refractivity contribution in [1.82, 2.24) is 4.90 Å². The van der Waals surface area contributed by atoms with Crippen molar-refractivity contribution < 1.29 is 14.7 Å². The van der Waals surface area contributed by atoms with Crippen molar-refractivity contribution in [1.29, 1.82) is 0 Å². The Kier molecular flexibility index (Phi) is 3.70. The van der Waals surface area contributed by atoms with Gasteiger partial charge in [-0.15, -0.1) is 0 Å². The number of carboxylic acid groups (broad SMARTS) is 1. The Balaban J connectivity index is 2.29. The highest BCUT2D eigenvalue weighted by Crippen LogP contribution is 2.28. The zero-order valence-corrected chi connectivity index (χ0v) is 12.1. The maximum atomic E-state index is 12.6. The number of likely N-dealkylation sites (N-methyl/N-ethyl adjacent to an activating group) is 1. The molecule has 20 heavy (non-hydrogen) atoms. The molecule has 0 radical (unpaired) electrons. The molecule has 0 aliphatic carbocycles. The van der Waals surface area contributed by atoms with Crippen molar-refractivity contribution in [2.45, 2.75) is 32.2 Å². The highest BCUT2D eigenvalue weighted by molar-refractivity contribution is 5.96. The van der Waals surface area contributed by atoms with E-state index in [1.165, 1.54) is 25.8 Å². The lowest BCUT2D eigenvalue weighted by Gasteiger charge is -2.38. The SMILES string of the molecule is CN(C(=O)N1CCCc2ccccc21)C(C)(C)C(=O)O. The Morgan fingerprint density at radius 2 is 1.95 bits per heavy atom. The average molecular weight is 276 g/mol. The summed E-state index contributed by atoms with van der Waals surface area (Å²) in [7, 11) is 1.54. The molecule has 0 saturated carbocycles. The number of benzene rings is 1. The number of amides is 2. The van der Waals surface area contributed by atoms with Crippen LogP contribution in [0.1, 0.15) is 25.8 Å². The van der Waals surface area contributed by atoms with Gasteiger partial charge < -0.3 is 10.0 Å². The number of carbonyl (C=O) groups is 2. The largest absolute Gasteiger partial charge is 0.480 e. The van der Waals surface area contributed by atoms with Gasteiger partial charge in [0.05, 0.1) is 0 Å². The highest BCUT2D eigenvalue weighted by atomic mass is 16.4. The van der Waals surface area contributed by atoms with E-state index in [-0.39, 0.29) is 6.03 Å². The van der Waals surface area contributed by atoms with E-state index < -0.39 is 11.5 Å². The van der Waals surface area contributed by atoms with Crippen LogP contribution in [-0.2, 0) is 11.2 Å². The number of aryl methyl sites for hydroxylation is 1. The summed E-state index contributed by atoms with van der Waals surface area (Å²) < 4.78 is 0. The Labute approximate surface area is 118 Å². The van der Waals surface area contributed by atoms with Crippen LogP contribution in [-0.4, -0.2) is 41.1 Å². The van der Waals surface area contributed by atoms with Gasteiger partial charge in [-0.1, -0.05) is 18.2 Å². The van der Waals surface area contributed by atoms with Gasteiger partial charge in [0.1, 0.15) is 5.54 Å². The molecule has 1 aromatic carbocycles. The zero-order valence-electron chi connectivity index (χ0n) is 12.1. The molecule has 0 saturated heterocycles. The van der Waals surface area contributed by atoms with E-state index in [1.54, 1.807) is 4.90 Å². The Bertz CT molecular complexity index is 540. The predicted octanol–water partition coefficient (Wildman–Crippen LogP) is 2.35. The van der Waals surface area contributed by atoms with Gasteiger partial charge in [-0.3, -0.25) is 4.90 Å². The summed E-state index contributed by atoms with van der Waals surface area (Å²) in [5.74, 6) is -1.02. The summed E-state index contributed by atoms with van der Waals surface area (Å²) in [6, 6.07) is 7.50. The number of hydrogen-bond acceptors (Lipinski definition) is 2. The fraction of sp³-hybridized carbons (Fsp3) is 0.467. The van der Waals surface area contributed by atoms with Crippen LogP contribution in [0.4, 0.5) is 10.5 Å². The molecule has 0 atom stereocenters. The molecule has 0 spiro atoms. The number of hydrogen-bond donors (Lipinski definition) is 1. The quantitative estimate of drug-likeness (QED) is 0.902. The third kappa shape index (κ3) is 2.35. The molecule has 1 aliphatic rings. The molecule has 2 rings (SSSR count). The first-order valence-electron chi connectivity index (χ1n) is 6.72. The molecular formula is C15H20N2O3. The molecule has 2 amide bonds. The minimum absolute atomic E-state index is 0.274. The fourth-order valence-electron chi connectivity index (χ4n) is 2.30. The molecule has 0 fully saturated rings. The van der Waals surface area contributed by atoms with Gasteiger partial charge in [0.2, 0.25) is 0 Å². The lowest BCUT2D eigenvalue weighted by Crippen LogP contribution is -2.56. The first-order valence-corrected chi connectivity index (χ1v) is 6.72. The lowest BCUT2D eigenvalue weighted by atomic mass is 10.0. The summed E-state index contributed by atoms with van der Waals surface area (Å²) in [5, 5.41) is 9.24. The predicted molar refractivity (Wildman–Crippen MR) is 77.0 cm³/mol. The summed E-state index contributed by atoms with van der Waals surface area (Å²) >= 11 is 0. The van der Waals surface area contributed by atoms with E-state index in [4.69, 9.17) is 0 Å². The third-order valence-corrected chi connectivity index (χ3v) is 3.99. The maximum Gasteiger partial charge on any atom is 0.329 e. The molecule has 5 nitrogen and oxygen atoms in total. The number of aliphatic carboxylic acids is 1. The number of nitrogens with zero attached hydrogens (tertiary/aromatic N) is 2. The standard InChI is InChI=1S/C15H20N2O3/c1-15(2,13(18)19)16(3)14(20)17-10-6-8-11-7-4-5-9-12(11)17/h4-5,7,9H,6,8,10H2,1-3H3,(H,18,19). The summed E-state index contributed by atoms with van der Waals surface area (Å²) in [6.45, 7) is 3.68. The first-order chi connectivity index (χ1) is 9.35. The summed E-state index contributed by atoms with van der Waals surface area (Å²) in [4.78, 5) is 26.8. The van der Waals surface area contributed by atoms with Crippen molar-refractivity contribution in [3.8, 4) is 0 Å². The minimum Gasteiger partial charge on any atom is -0.480 e. The fourth-order valence-corrected chi connectivity index (χ4v) is 2.30. The van der Waals surface area contributed by atoms with Gasteiger partial charge in [0.25, 0.3) is 0 Å². The van der Waals surface area contributed by atoms with Gasteiger partial charge in [-0.25, -0.2) is 9.59 Å². The Morgan fingerprint density at radius 1 is 1.30 bits per heavy atom. The number of carboxylic acids is 1. The second-order valence-corrected chi connectivity index (χ2v) is 5.59. The van der Waals surface area contributed by atoms with E-state index in [1.807, 2.05) is 24.3 Å². The summed E-state index contributed by atoms with van der Waals surface area (Å²) in [5.41, 5.74) is 0.786. The van der Waals surface area contributed by atoms with Crippen LogP contribution in [0.2, 0.25) is 0 Å². The molecule has 0 aromatic heterocycles. The Morgan fingerprint density at radius 3 is 2.60 bits per heavy atom. The van der Waals surface area contributed by atoms with Crippen LogP contribution < -0.4 is 4.90 Å². The van der Waals surface area contributed by atoms with Crippen LogP contribution in [0, 0.1) is 0 Å². The number of fused-ring (bicyclic) bond motifs is 1. The first kappa shape index (κ1) is 14.4. The Hall–Kier alpha value is -2.04. The number of urea groups is 1. The molecule has 5 heteroatoms. The van der Waals surface area contributed by atoms with Crippen LogP contribution >= 0.6 is 0 Å². The van der Waals surface area contributed by atoms with Gasteiger partial charge in [-0.05, 0) is 38.3 Å². The van der Waals surface area contributed by atoms with Crippen molar-refractivity contribution in [2.75, 3.05) is 18.5 Å². The maximum absolute atomic E-state index is 12.6. The van der Waals surface area contributed by atoms with Gasteiger partial charge in [0.15, 0.2) is 0 Å². The second-order valence-electron chi connectivity index (χ2n) is 5.59. The van der Waals surface area contributed by atoms with E-state index in [2.05, 4.69) is 0 Å². The molecule has 108 valence electrons. The smallest absolute Gasteiger partial charge is 0.329 e. The van der Waals surface area contributed by atoms with Crippen LogP contribution in [0.5, 0.6) is 0 Å². The molecule has 1 N–H and O–H groups in total. The van der Waals surface area contributed by atoms with Gasteiger partial charge in [0, 0.05) is 19.3 Å². The van der Waals surface area contributed by atoms with E-state index in [9.17, 15) is 14.7 Å². The third-order valence-electron chi connectivity index (χ3n) is 3.99. The zero-order chi connectivity index (χ0) is 14.9. The minimum atomic E-state index is -1.23. The number of carbonyl (C=O) groups excluding carboxylic acids is 1. The molecule has 1 heterocycles. The van der Waals surface area contributed by atoms with Crippen LogP contribution in [0.3, 0.4) is 0 Å². The second kappa shape index (κ2) is 5.15. The number of para-hydroxylation sites is 1. The van der Waals surface area contributed by atoms with Gasteiger partial charge in [-0.2, -0.15) is 0 Å². The molecular weight excluding hydrogens is 256 g/mol. The normalized spacial score (nSPS) is 14.7. The van der Waals surface area contributed by atoms with Crippen molar-refractivity contribution >= 4 is 17.7 Å². The van der Waals surface area contributed by atoms with Crippen LogP contribution in [0.25, 0.3) is 0 Å². The lowest BCUT2D eigenvalue weighted by molar-refractivity contribution is -0.146. The summed E-state index contributed by atoms with van der Waals surface area (Å²) in [6.07, 6.45) is 1.84. The van der Waals surface area contributed by atoms with E-state index >= 15 is 0 Å². The number of rotatable bonds is 2. The average Bonchev–Trinajstić information content (AvgIpc) is 2.44. The van der Waals surface area contributed by atoms with E-state index in [0.717, 1.165) is 24.1 Å². The highest BCUT2D eigenvalue weighted by Gasteiger charge is 2.38. The van der Waals surface area contributed by atoms with Crippen molar-refractivity contribution in [3.05, 3.63) is 29.8 Å². The number of anilines is 1. The molecule has 1 aliphatic heterocycles. The topological polar surface area (TPSA) is 60.9 Å². The van der Waals surface area contributed by atoms with E-state index in [0.29, 0.717) is 6.54 Å². The van der Waals surface area contributed by atoms with Gasteiger partial charge >= 0.3 is 12.0 Å². The van der Waals surface area contributed by atoms with Crippen molar-refractivity contribution in [2.24, 2.45) is 0 Å².